The molecule has 1 aromatic rings. The SMILES string of the molecule is CCc1ccc(C(=O)N(NCl)C(C)(C)C)cc1. The molecule has 0 saturated heterocycles. The summed E-state index contributed by atoms with van der Waals surface area (Å²) in [4.78, 5) is 14.6. The van der Waals surface area contributed by atoms with Crippen LogP contribution in [0.4, 0.5) is 0 Å². The lowest BCUT2D eigenvalue weighted by Crippen LogP contribution is -2.50. The molecule has 94 valence electrons. The van der Waals surface area contributed by atoms with Gasteiger partial charge in [-0.25, -0.2) is 0 Å². The minimum atomic E-state index is -0.373. The summed E-state index contributed by atoms with van der Waals surface area (Å²) in [5, 5.41) is 1.41. The highest BCUT2D eigenvalue weighted by atomic mass is 35.5. The van der Waals surface area contributed by atoms with Crippen molar-refractivity contribution in [1.82, 2.24) is 9.95 Å². The Balaban J connectivity index is 2.94. The standard InChI is InChI=1S/C13H19ClN2O/c1-5-10-6-8-11(9-7-10)12(17)16(15-14)13(2,3)4/h6-9,15H,5H2,1-4H3. The van der Waals surface area contributed by atoms with Gasteiger partial charge in [0.05, 0.1) is 5.54 Å². The highest BCUT2D eigenvalue weighted by Gasteiger charge is 2.26. The fourth-order valence-corrected chi connectivity index (χ4v) is 1.81. The Bertz CT molecular complexity index is 381. The maximum atomic E-state index is 12.2. The van der Waals surface area contributed by atoms with E-state index in [2.05, 4.69) is 11.9 Å². The van der Waals surface area contributed by atoms with E-state index in [-0.39, 0.29) is 11.4 Å². The normalized spacial score (nSPS) is 11.4. The van der Waals surface area contributed by atoms with Gasteiger partial charge in [-0.1, -0.05) is 19.1 Å². The molecule has 4 heteroatoms. The molecular formula is C13H19ClN2O. The number of benzene rings is 1. The predicted octanol–water partition coefficient (Wildman–Crippen LogP) is 3.15. The maximum absolute atomic E-state index is 12.2. The largest absolute Gasteiger partial charge is 0.269 e. The van der Waals surface area contributed by atoms with Crippen molar-refractivity contribution in [2.75, 3.05) is 0 Å². The van der Waals surface area contributed by atoms with Crippen molar-refractivity contribution < 1.29 is 4.79 Å². The fourth-order valence-electron chi connectivity index (χ4n) is 1.48. The van der Waals surface area contributed by atoms with Gasteiger partial charge in [0, 0.05) is 5.56 Å². The van der Waals surface area contributed by atoms with Gasteiger partial charge < -0.3 is 0 Å². The number of carbonyl (C=O) groups excluding carboxylic acids is 1. The van der Waals surface area contributed by atoms with Gasteiger partial charge in [0.25, 0.3) is 5.91 Å². The molecular weight excluding hydrogens is 236 g/mol. The number of rotatable bonds is 3. The summed E-state index contributed by atoms with van der Waals surface area (Å²) in [6, 6.07) is 7.58. The molecule has 0 unspecified atom stereocenters. The quantitative estimate of drug-likeness (QED) is 0.664. The first-order valence-electron chi connectivity index (χ1n) is 5.70. The van der Waals surface area contributed by atoms with Crippen molar-refractivity contribution in [1.29, 1.82) is 0 Å². The molecule has 1 rings (SSSR count). The van der Waals surface area contributed by atoms with Crippen molar-refractivity contribution in [3.05, 3.63) is 35.4 Å². The number of hydrazine groups is 1. The highest BCUT2D eigenvalue weighted by molar-refractivity contribution is 6.14. The molecule has 0 radical (unpaired) electrons. The third kappa shape index (κ3) is 3.45. The molecule has 1 amide bonds. The van der Waals surface area contributed by atoms with E-state index in [1.54, 1.807) is 0 Å². The van der Waals surface area contributed by atoms with E-state index in [0.29, 0.717) is 5.56 Å². The second kappa shape index (κ2) is 5.52. The van der Waals surface area contributed by atoms with Crippen LogP contribution in [0.3, 0.4) is 0 Å². The molecule has 0 heterocycles. The first-order chi connectivity index (χ1) is 7.90. The van der Waals surface area contributed by atoms with Crippen molar-refractivity contribution in [3.63, 3.8) is 0 Å². The summed E-state index contributed by atoms with van der Waals surface area (Å²) in [5.41, 5.74) is 1.47. The van der Waals surface area contributed by atoms with Crippen LogP contribution in [0.2, 0.25) is 0 Å². The van der Waals surface area contributed by atoms with E-state index < -0.39 is 0 Å². The van der Waals surface area contributed by atoms with E-state index in [1.807, 2.05) is 45.0 Å². The topological polar surface area (TPSA) is 32.3 Å². The summed E-state index contributed by atoms with van der Waals surface area (Å²) < 4.78 is 0. The lowest BCUT2D eigenvalue weighted by atomic mass is 10.1. The van der Waals surface area contributed by atoms with Crippen molar-refractivity contribution in [2.24, 2.45) is 0 Å². The minimum absolute atomic E-state index is 0.129. The monoisotopic (exact) mass is 254 g/mol. The second-order valence-corrected chi connectivity index (χ2v) is 5.12. The first-order valence-corrected chi connectivity index (χ1v) is 6.07. The van der Waals surface area contributed by atoms with Crippen LogP contribution >= 0.6 is 11.8 Å². The molecule has 0 aliphatic heterocycles. The van der Waals surface area contributed by atoms with Gasteiger partial charge in [-0.05, 0) is 56.7 Å². The number of amides is 1. The minimum Gasteiger partial charge on any atom is -0.268 e. The zero-order valence-electron chi connectivity index (χ0n) is 10.7. The molecule has 0 fully saturated rings. The third-order valence-electron chi connectivity index (χ3n) is 2.57. The van der Waals surface area contributed by atoms with Crippen LogP contribution in [-0.2, 0) is 6.42 Å². The molecule has 1 aromatic carbocycles. The summed E-state index contributed by atoms with van der Waals surface area (Å²) in [5.74, 6) is -0.129. The van der Waals surface area contributed by atoms with E-state index in [1.165, 1.54) is 10.6 Å². The smallest absolute Gasteiger partial charge is 0.268 e. The molecule has 0 saturated carbocycles. The third-order valence-corrected chi connectivity index (χ3v) is 2.74. The van der Waals surface area contributed by atoms with Gasteiger partial charge in [-0.2, -0.15) is 0 Å². The number of hydrogen-bond acceptors (Lipinski definition) is 2. The maximum Gasteiger partial charge on any atom is 0.269 e. The van der Waals surface area contributed by atoms with Crippen molar-refractivity contribution in [2.45, 2.75) is 39.7 Å². The molecule has 0 aromatic heterocycles. The van der Waals surface area contributed by atoms with Gasteiger partial charge in [0.2, 0.25) is 0 Å². The Morgan fingerprint density at radius 3 is 2.18 bits per heavy atom. The number of nitrogens with one attached hydrogen (secondary N) is 1. The van der Waals surface area contributed by atoms with Crippen LogP contribution in [0.25, 0.3) is 0 Å². The van der Waals surface area contributed by atoms with Gasteiger partial charge >= 0.3 is 0 Å². The van der Waals surface area contributed by atoms with E-state index >= 15 is 0 Å². The molecule has 0 atom stereocenters. The zero-order chi connectivity index (χ0) is 13.1. The molecule has 3 nitrogen and oxygen atoms in total. The molecule has 0 bridgehead atoms. The van der Waals surface area contributed by atoms with Gasteiger partial charge in [-0.15, -0.1) is 4.94 Å². The molecule has 1 N–H and O–H groups in total. The van der Waals surface area contributed by atoms with Crippen LogP contribution in [0.5, 0.6) is 0 Å². The lowest BCUT2D eigenvalue weighted by Gasteiger charge is -2.33. The molecule has 17 heavy (non-hydrogen) atoms. The highest BCUT2D eigenvalue weighted by Crippen LogP contribution is 2.16. The Morgan fingerprint density at radius 2 is 1.82 bits per heavy atom. The van der Waals surface area contributed by atoms with Crippen molar-refractivity contribution in [3.8, 4) is 0 Å². The van der Waals surface area contributed by atoms with E-state index in [9.17, 15) is 4.79 Å². The lowest BCUT2D eigenvalue weighted by molar-refractivity contribution is 0.0516. The second-order valence-electron chi connectivity index (χ2n) is 4.95. The molecule has 0 spiro atoms. The summed E-state index contributed by atoms with van der Waals surface area (Å²) >= 11 is 5.61. The number of hydrogen-bond donors (Lipinski definition) is 1. The Kier molecular flexibility index (Phi) is 4.54. The fraction of sp³-hybridized carbons (Fsp3) is 0.462. The number of halogens is 1. The predicted molar refractivity (Wildman–Crippen MR) is 70.7 cm³/mol. The first kappa shape index (κ1) is 14.0. The number of nitrogens with zero attached hydrogens (tertiary/aromatic N) is 1. The van der Waals surface area contributed by atoms with E-state index in [4.69, 9.17) is 11.8 Å². The summed E-state index contributed by atoms with van der Waals surface area (Å²) in [6.45, 7) is 7.83. The van der Waals surface area contributed by atoms with Gasteiger partial charge in [-0.3, -0.25) is 9.80 Å². The number of carbonyl (C=O) groups is 1. The van der Waals surface area contributed by atoms with Gasteiger partial charge in [0.15, 0.2) is 0 Å². The Morgan fingerprint density at radius 1 is 1.29 bits per heavy atom. The van der Waals surface area contributed by atoms with Crippen molar-refractivity contribution >= 4 is 17.7 Å². The van der Waals surface area contributed by atoms with Gasteiger partial charge in [0.1, 0.15) is 0 Å². The number of aryl methyl sites for hydroxylation is 1. The summed E-state index contributed by atoms with van der Waals surface area (Å²) in [6.07, 6.45) is 0.964. The van der Waals surface area contributed by atoms with Crippen LogP contribution in [0.15, 0.2) is 24.3 Å². The summed E-state index contributed by atoms with van der Waals surface area (Å²) in [7, 11) is 0. The average Bonchev–Trinajstić information content (AvgIpc) is 2.28. The molecule has 0 aliphatic rings. The van der Waals surface area contributed by atoms with Crippen LogP contribution < -0.4 is 4.94 Å². The average molecular weight is 255 g/mol. The Hall–Kier alpha value is -1.06. The van der Waals surface area contributed by atoms with E-state index in [0.717, 1.165) is 6.42 Å². The zero-order valence-corrected chi connectivity index (χ0v) is 11.5. The Labute approximate surface area is 108 Å². The van der Waals surface area contributed by atoms with Crippen LogP contribution in [0.1, 0.15) is 43.6 Å². The van der Waals surface area contributed by atoms with Crippen LogP contribution in [0, 0.1) is 0 Å². The van der Waals surface area contributed by atoms with Crippen LogP contribution in [-0.4, -0.2) is 16.5 Å². The molecule has 0 aliphatic carbocycles.